The minimum absolute atomic E-state index is 0.404. The smallest absolute Gasteiger partial charge is 0.231 e. The van der Waals surface area contributed by atoms with Gasteiger partial charge in [-0.3, -0.25) is 0 Å². The van der Waals surface area contributed by atoms with Gasteiger partial charge in [-0.1, -0.05) is 44.2 Å². The van der Waals surface area contributed by atoms with Crippen LogP contribution in [0.4, 0.5) is 0 Å². The predicted octanol–water partition coefficient (Wildman–Crippen LogP) is 4.00. The van der Waals surface area contributed by atoms with Crippen molar-refractivity contribution in [2.75, 3.05) is 7.05 Å². The minimum Gasteiger partial charge on any atom is -0.339 e. The third-order valence-corrected chi connectivity index (χ3v) is 5.54. The van der Waals surface area contributed by atoms with Crippen molar-refractivity contribution in [1.82, 2.24) is 15.5 Å². The summed E-state index contributed by atoms with van der Waals surface area (Å²) < 4.78 is 5.67. The number of likely N-dealkylation sites (N-methyl/N-ethyl adjacent to an activating group) is 1. The molecule has 4 nitrogen and oxygen atoms in total. The van der Waals surface area contributed by atoms with E-state index < -0.39 is 0 Å². The van der Waals surface area contributed by atoms with E-state index in [1.807, 2.05) is 0 Å². The zero-order valence-corrected chi connectivity index (χ0v) is 13.5. The lowest BCUT2D eigenvalue weighted by atomic mass is 9.83. The second-order valence-electron chi connectivity index (χ2n) is 7.09. The Hall–Kier alpha value is -0.900. The maximum absolute atomic E-state index is 5.67. The average Bonchev–Trinajstić information content (AvgIpc) is 2.86. The first-order valence-corrected chi connectivity index (χ1v) is 8.78. The lowest BCUT2D eigenvalue weighted by Crippen LogP contribution is -2.31. The topological polar surface area (TPSA) is 51.0 Å². The zero-order chi connectivity index (χ0) is 14.7. The van der Waals surface area contributed by atoms with Gasteiger partial charge in [0.2, 0.25) is 5.89 Å². The summed E-state index contributed by atoms with van der Waals surface area (Å²) in [7, 11) is 2.06. The molecular formula is C17H29N3O. The van der Waals surface area contributed by atoms with Crippen LogP contribution in [0.1, 0.15) is 88.3 Å². The molecule has 1 N–H and O–H groups in total. The van der Waals surface area contributed by atoms with E-state index in [2.05, 4.69) is 24.4 Å². The molecule has 4 heteroatoms. The molecule has 2 aliphatic carbocycles. The summed E-state index contributed by atoms with van der Waals surface area (Å²) in [4.78, 5) is 4.80. The maximum Gasteiger partial charge on any atom is 0.231 e. The molecule has 0 aromatic carbocycles. The van der Waals surface area contributed by atoms with E-state index in [4.69, 9.17) is 9.51 Å². The van der Waals surface area contributed by atoms with Crippen molar-refractivity contribution < 1.29 is 4.52 Å². The largest absolute Gasteiger partial charge is 0.339 e. The first-order valence-electron chi connectivity index (χ1n) is 8.78. The van der Waals surface area contributed by atoms with Gasteiger partial charge in [0.05, 0.1) is 5.92 Å². The molecule has 2 aliphatic rings. The van der Waals surface area contributed by atoms with Crippen molar-refractivity contribution in [3.63, 3.8) is 0 Å². The summed E-state index contributed by atoms with van der Waals surface area (Å²) in [6, 6.07) is 0.493. The normalized spacial score (nSPS) is 34.6. The van der Waals surface area contributed by atoms with Crippen molar-refractivity contribution in [3.05, 3.63) is 11.7 Å². The molecule has 1 aromatic rings. The summed E-state index contributed by atoms with van der Waals surface area (Å²) in [6.07, 6.45) is 11.4. The fourth-order valence-electron chi connectivity index (χ4n) is 4.03. The van der Waals surface area contributed by atoms with Crippen molar-refractivity contribution >= 4 is 0 Å². The fraction of sp³-hybridized carbons (Fsp3) is 0.882. The van der Waals surface area contributed by atoms with E-state index >= 15 is 0 Å². The molecule has 0 aliphatic heterocycles. The number of hydrogen-bond acceptors (Lipinski definition) is 4. The molecule has 1 heterocycles. The lowest BCUT2D eigenvalue weighted by molar-refractivity contribution is 0.300. The van der Waals surface area contributed by atoms with Crippen LogP contribution in [0.3, 0.4) is 0 Å². The van der Waals surface area contributed by atoms with Gasteiger partial charge in [-0.05, 0) is 38.6 Å². The Kier molecular flexibility index (Phi) is 4.94. The van der Waals surface area contributed by atoms with E-state index in [0.717, 1.165) is 17.6 Å². The SMILES string of the molecule is CNC1CCCCCC1c1nc(C2CCC(C)CC2)no1. The Labute approximate surface area is 128 Å². The third kappa shape index (κ3) is 3.47. The van der Waals surface area contributed by atoms with E-state index in [-0.39, 0.29) is 0 Å². The standard InChI is InChI=1S/C17H29N3O/c1-12-8-10-13(11-9-12)16-19-17(21-20-16)14-6-4-3-5-7-15(14)18-2/h12-15,18H,3-11H2,1-2H3. The molecule has 0 bridgehead atoms. The Morgan fingerprint density at radius 2 is 1.76 bits per heavy atom. The molecular weight excluding hydrogens is 262 g/mol. The first-order chi connectivity index (χ1) is 10.3. The molecule has 2 unspecified atom stereocenters. The Morgan fingerprint density at radius 1 is 1.00 bits per heavy atom. The molecule has 0 spiro atoms. The highest BCUT2D eigenvalue weighted by Crippen LogP contribution is 2.36. The highest BCUT2D eigenvalue weighted by Gasteiger charge is 2.30. The van der Waals surface area contributed by atoms with Gasteiger partial charge in [-0.2, -0.15) is 4.98 Å². The third-order valence-electron chi connectivity index (χ3n) is 5.54. The summed E-state index contributed by atoms with van der Waals surface area (Å²) >= 11 is 0. The van der Waals surface area contributed by atoms with Gasteiger partial charge >= 0.3 is 0 Å². The van der Waals surface area contributed by atoms with Gasteiger partial charge in [0.25, 0.3) is 0 Å². The molecule has 2 atom stereocenters. The van der Waals surface area contributed by atoms with Gasteiger partial charge in [-0.25, -0.2) is 0 Å². The van der Waals surface area contributed by atoms with Gasteiger partial charge < -0.3 is 9.84 Å². The van der Waals surface area contributed by atoms with Crippen molar-refractivity contribution in [2.45, 2.75) is 82.6 Å². The highest BCUT2D eigenvalue weighted by molar-refractivity contribution is 5.04. The van der Waals surface area contributed by atoms with Crippen LogP contribution < -0.4 is 5.32 Å². The number of aromatic nitrogens is 2. The van der Waals surface area contributed by atoms with Crippen LogP contribution in [-0.2, 0) is 0 Å². The van der Waals surface area contributed by atoms with Crippen LogP contribution in [0.2, 0.25) is 0 Å². The molecule has 118 valence electrons. The van der Waals surface area contributed by atoms with Crippen molar-refractivity contribution in [2.24, 2.45) is 5.92 Å². The summed E-state index contributed by atoms with van der Waals surface area (Å²) in [5, 5.41) is 7.78. The van der Waals surface area contributed by atoms with Crippen LogP contribution >= 0.6 is 0 Å². The van der Waals surface area contributed by atoms with Gasteiger partial charge in [0.15, 0.2) is 5.82 Å². The fourth-order valence-corrected chi connectivity index (χ4v) is 4.03. The summed E-state index contributed by atoms with van der Waals surface area (Å²) in [6.45, 7) is 2.35. The summed E-state index contributed by atoms with van der Waals surface area (Å²) in [5.41, 5.74) is 0. The lowest BCUT2D eigenvalue weighted by Gasteiger charge is -2.23. The molecule has 2 saturated carbocycles. The van der Waals surface area contributed by atoms with E-state index in [0.29, 0.717) is 17.9 Å². The molecule has 3 rings (SSSR count). The van der Waals surface area contributed by atoms with Crippen LogP contribution in [0.15, 0.2) is 4.52 Å². The monoisotopic (exact) mass is 291 g/mol. The van der Waals surface area contributed by atoms with Crippen molar-refractivity contribution in [1.29, 1.82) is 0 Å². The minimum atomic E-state index is 0.404. The number of nitrogens with one attached hydrogen (secondary N) is 1. The number of rotatable bonds is 3. The average molecular weight is 291 g/mol. The predicted molar refractivity (Wildman–Crippen MR) is 83.3 cm³/mol. The molecule has 0 radical (unpaired) electrons. The molecule has 0 amide bonds. The number of nitrogens with zero attached hydrogens (tertiary/aromatic N) is 2. The molecule has 21 heavy (non-hydrogen) atoms. The summed E-state index contributed by atoms with van der Waals surface area (Å²) in [5.74, 6) is 3.64. The van der Waals surface area contributed by atoms with Crippen LogP contribution in [-0.4, -0.2) is 23.2 Å². The first kappa shape index (κ1) is 15.0. The van der Waals surface area contributed by atoms with Crippen molar-refractivity contribution in [3.8, 4) is 0 Å². The molecule has 1 aromatic heterocycles. The Balaban J connectivity index is 1.71. The quantitative estimate of drug-likeness (QED) is 0.855. The zero-order valence-electron chi connectivity index (χ0n) is 13.5. The van der Waals surface area contributed by atoms with E-state index in [1.54, 1.807) is 0 Å². The second-order valence-corrected chi connectivity index (χ2v) is 7.09. The van der Waals surface area contributed by atoms with E-state index in [1.165, 1.54) is 57.8 Å². The molecule has 0 saturated heterocycles. The van der Waals surface area contributed by atoms with Crippen LogP contribution in [0, 0.1) is 5.92 Å². The Bertz CT molecular complexity index is 437. The highest BCUT2D eigenvalue weighted by atomic mass is 16.5. The van der Waals surface area contributed by atoms with E-state index in [9.17, 15) is 0 Å². The van der Waals surface area contributed by atoms with Gasteiger partial charge in [-0.15, -0.1) is 0 Å². The van der Waals surface area contributed by atoms with Gasteiger partial charge in [0, 0.05) is 12.0 Å². The maximum atomic E-state index is 5.67. The Morgan fingerprint density at radius 3 is 2.52 bits per heavy atom. The number of hydrogen-bond donors (Lipinski definition) is 1. The van der Waals surface area contributed by atoms with Crippen LogP contribution in [0.5, 0.6) is 0 Å². The molecule has 2 fully saturated rings. The van der Waals surface area contributed by atoms with Crippen LogP contribution in [0.25, 0.3) is 0 Å². The van der Waals surface area contributed by atoms with Gasteiger partial charge in [0.1, 0.15) is 0 Å². The second kappa shape index (κ2) is 6.91.